The number of hydrogen-bond donors (Lipinski definition) is 1. The van der Waals surface area contributed by atoms with Gasteiger partial charge in [-0.1, -0.05) is 41.9 Å². The van der Waals surface area contributed by atoms with Crippen molar-refractivity contribution in [2.75, 3.05) is 39.4 Å². The number of ether oxygens (including phenoxy) is 1. The van der Waals surface area contributed by atoms with Gasteiger partial charge >= 0.3 is 12.1 Å². The Hall–Kier alpha value is -3.48. The number of likely N-dealkylation sites (tertiary alicyclic amines) is 1. The summed E-state index contributed by atoms with van der Waals surface area (Å²) in [6.07, 6.45) is -1.89. The Labute approximate surface area is 245 Å². The molecule has 2 aliphatic heterocycles. The van der Waals surface area contributed by atoms with E-state index in [4.69, 9.17) is 31.3 Å². The number of carboxylic acids is 1. The lowest BCUT2D eigenvalue weighted by Crippen LogP contribution is -2.43. The number of carbonyl (C=O) groups excluding carboxylic acids is 1. The lowest BCUT2D eigenvalue weighted by atomic mass is 10.0. The summed E-state index contributed by atoms with van der Waals surface area (Å²) in [5, 5.41) is 14.2. The van der Waals surface area contributed by atoms with Crippen molar-refractivity contribution < 1.29 is 32.6 Å². The van der Waals surface area contributed by atoms with Crippen LogP contribution in [0.25, 0.3) is 10.8 Å². The van der Waals surface area contributed by atoms with Crippen LogP contribution < -0.4 is 5.56 Å². The van der Waals surface area contributed by atoms with Gasteiger partial charge in [-0.2, -0.15) is 18.3 Å². The van der Waals surface area contributed by atoms with Gasteiger partial charge in [0.1, 0.15) is 0 Å². The molecule has 2 aromatic carbocycles. The van der Waals surface area contributed by atoms with Crippen LogP contribution in [0.4, 0.5) is 13.2 Å². The van der Waals surface area contributed by atoms with Crippen LogP contribution in [0.15, 0.2) is 53.3 Å². The van der Waals surface area contributed by atoms with Gasteiger partial charge in [-0.3, -0.25) is 14.5 Å². The number of nitrogens with zero attached hydrogens (tertiary/aromatic N) is 4. The molecule has 3 aromatic rings. The van der Waals surface area contributed by atoms with Gasteiger partial charge in [0, 0.05) is 48.9 Å². The molecular weight excluding hydrogens is 577 g/mol. The van der Waals surface area contributed by atoms with Gasteiger partial charge < -0.3 is 14.7 Å². The molecule has 0 spiro atoms. The largest absolute Gasteiger partial charge is 0.490 e. The lowest BCUT2D eigenvalue weighted by Gasteiger charge is -2.29. The van der Waals surface area contributed by atoms with Crippen LogP contribution >= 0.6 is 11.6 Å². The minimum absolute atomic E-state index is 0.0586. The molecule has 0 radical (unpaired) electrons. The van der Waals surface area contributed by atoms with Gasteiger partial charge in [0.2, 0.25) is 5.91 Å². The third-order valence-corrected chi connectivity index (χ3v) is 7.58. The summed E-state index contributed by atoms with van der Waals surface area (Å²) in [4.78, 5) is 39.1. The van der Waals surface area contributed by atoms with Crippen LogP contribution in [0.5, 0.6) is 0 Å². The summed E-state index contributed by atoms with van der Waals surface area (Å²) in [5.74, 6) is -2.57. The van der Waals surface area contributed by atoms with E-state index < -0.39 is 12.1 Å². The van der Waals surface area contributed by atoms with Crippen LogP contribution in [-0.4, -0.2) is 88.2 Å². The van der Waals surface area contributed by atoms with E-state index in [0.29, 0.717) is 62.6 Å². The Morgan fingerprint density at radius 2 is 1.67 bits per heavy atom. The van der Waals surface area contributed by atoms with Gasteiger partial charge in [-0.15, -0.1) is 0 Å². The van der Waals surface area contributed by atoms with E-state index in [-0.39, 0.29) is 17.5 Å². The molecule has 1 N–H and O–H groups in total. The van der Waals surface area contributed by atoms with E-state index in [9.17, 15) is 22.8 Å². The van der Waals surface area contributed by atoms with Crippen molar-refractivity contribution in [1.29, 1.82) is 0 Å². The molecule has 42 heavy (non-hydrogen) atoms. The molecule has 3 heterocycles. The maximum atomic E-state index is 13.3. The zero-order chi connectivity index (χ0) is 30.3. The van der Waals surface area contributed by atoms with Crippen molar-refractivity contribution in [3.8, 4) is 0 Å². The smallest absolute Gasteiger partial charge is 0.475 e. The molecule has 2 aliphatic rings. The Balaban J connectivity index is 0.000000517. The van der Waals surface area contributed by atoms with E-state index in [2.05, 4.69) is 4.90 Å². The molecule has 1 aromatic heterocycles. The number of morpholine rings is 1. The van der Waals surface area contributed by atoms with Gasteiger partial charge in [0.05, 0.1) is 30.8 Å². The van der Waals surface area contributed by atoms with Crippen molar-refractivity contribution in [3.05, 3.63) is 75.2 Å². The number of amides is 1. The summed E-state index contributed by atoms with van der Waals surface area (Å²) in [5.41, 5.74) is 1.92. The summed E-state index contributed by atoms with van der Waals surface area (Å²) in [6.45, 7) is 4.77. The van der Waals surface area contributed by atoms with Crippen LogP contribution in [0, 0.1) is 0 Å². The Morgan fingerprint density at radius 1 is 1.02 bits per heavy atom. The first-order valence-corrected chi connectivity index (χ1v) is 14.0. The molecule has 0 unspecified atom stereocenters. The number of carboxylic acid groups (broad SMARTS) is 1. The molecule has 0 saturated carbocycles. The minimum Gasteiger partial charge on any atom is -0.475 e. The van der Waals surface area contributed by atoms with Crippen LogP contribution in [-0.2, 0) is 27.3 Å². The highest BCUT2D eigenvalue weighted by molar-refractivity contribution is 6.30. The number of carbonyl (C=O) groups is 2. The Bertz CT molecular complexity index is 1440. The highest BCUT2D eigenvalue weighted by atomic mass is 35.5. The third kappa shape index (κ3) is 8.30. The number of alkyl halides is 3. The van der Waals surface area contributed by atoms with Gasteiger partial charge in [-0.25, -0.2) is 9.48 Å². The summed E-state index contributed by atoms with van der Waals surface area (Å²) in [7, 11) is 0. The molecule has 0 bridgehead atoms. The maximum absolute atomic E-state index is 13.3. The molecule has 13 heteroatoms. The van der Waals surface area contributed by atoms with E-state index in [1.807, 2.05) is 53.4 Å². The van der Waals surface area contributed by atoms with E-state index in [1.54, 1.807) is 4.68 Å². The molecule has 5 rings (SSSR count). The zero-order valence-electron chi connectivity index (χ0n) is 22.9. The molecule has 1 amide bonds. The quantitative estimate of drug-likeness (QED) is 0.433. The van der Waals surface area contributed by atoms with Crippen molar-refractivity contribution in [2.24, 2.45) is 0 Å². The average molecular weight is 609 g/mol. The van der Waals surface area contributed by atoms with Crippen LogP contribution in [0.1, 0.15) is 30.5 Å². The Kier molecular flexibility index (Phi) is 10.6. The molecule has 0 aliphatic carbocycles. The van der Waals surface area contributed by atoms with Gasteiger partial charge in [-0.05, 0) is 43.1 Å². The highest BCUT2D eigenvalue weighted by Crippen LogP contribution is 2.22. The number of aromatic nitrogens is 2. The van der Waals surface area contributed by atoms with E-state index in [0.717, 1.165) is 36.0 Å². The Morgan fingerprint density at radius 3 is 2.31 bits per heavy atom. The van der Waals surface area contributed by atoms with Crippen molar-refractivity contribution >= 4 is 34.2 Å². The normalized spacial score (nSPS) is 17.6. The second-order valence-corrected chi connectivity index (χ2v) is 10.6. The predicted octanol–water partition coefficient (Wildman–Crippen LogP) is 3.99. The van der Waals surface area contributed by atoms with Crippen LogP contribution in [0.2, 0.25) is 5.02 Å². The third-order valence-electron chi connectivity index (χ3n) is 7.33. The number of hydrogen-bond acceptors (Lipinski definition) is 6. The molecule has 2 saturated heterocycles. The first-order chi connectivity index (χ1) is 20.0. The molecule has 2 fully saturated rings. The van der Waals surface area contributed by atoms with Crippen LogP contribution in [0.3, 0.4) is 0 Å². The summed E-state index contributed by atoms with van der Waals surface area (Å²) in [6, 6.07) is 15.7. The molecule has 9 nitrogen and oxygen atoms in total. The second kappa shape index (κ2) is 14.1. The fraction of sp³-hybridized carbons (Fsp3) is 0.448. The number of benzene rings is 2. The average Bonchev–Trinajstić information content (AvgIpc) is 3.42. The van der Waals surface area contributed by atoms with Gasteiger partial charge in [0.25, 0.3) is 5.56 Å². The first-order valence-electron chi connectivity index (χ1n) is 13.7. The standard InChI is InChI=1S/C27H31ClN4O3.C2HF3O2/c28-21-9-7-20(8-10-21)18-25-23-5-1-2-6-24(23)27(34)32(29-25)19-22-4-3-12-30(22)13-11-26(33)31-14-16-35-17-15-31;3-2(4,5)1(6)7/h1-2,5-10,22H,3-4,11-19H2;(H,6,7)/t22-;/m1./s1. The minimum atomic E-state index is -5.08. The van der Waals surface area contributed by atoms with Crippen molar-refractivity contribution in [3.63, 3.8) is 0 Å². The molecule has 226 valence electrons. The fourth-order valence-electron chi connectivity index (χ4n) is 5.16. The molecule has 1 atom stereocenters. The molecular formula is C29H32ClF3N4O5. The predicted molar refractivity (Wildman–Crippen MR) is 151 cm³/mol. The zero-order valence-corrected chi connectivity index (χ0v) is 23.6. The van der Waals surface area contributed by atoms with E-state index >= 15 is 0 Å². The first kappa shape index (κ1) is 31.5. The second-order valence-electron chi connectivity index (χ2n) is 10.2. The number of aliphatic carboxylic acids is 1. The number of rotatable bonds is 7. The lowest BCUT2D eigenvalue weighted by molar-refractivity contribution is -0.192. The highest BCUT2D eigenvalue weighted by Gasteiger charge is 2.38. The monoisotopic (exact) mass is 608 g/mol. The van der Waals surface area contributed by atoms with E-state index in [1.165, 1.54) is 0 Å². The number of fused-ring (bicyclic) bond motifs is 1. The summed E-state index contributed by atoms with van der Waals surface area (Å²) >= 11 is 6.06. The number of halogens is 4. The fourth-order valence-corrected chi connectivity index (χ4v) is 5.29. The topological polar surface area (TPSA) is 105 Å². The SMILES string of the molecule is O=C(CCN1CCC[C@@H]1Cn1nc(Cc2ccc(Cl)cc2)c2ccccc2c1=O)N1CCOCC1.O=C(O)C(F)(F)F. The van der Waals surface area contributed by atoms with Crippen molar-refractivity contribution in [1.82, 2.24) is 19.6 Å². The maximum Gasteiger partial charge on any atom is 0.490 e. The summed E-state index contributed by atoms with van der Waals surface area (Å²) < 4.78 is 38.7. The van der Waals surface area contributed by atoms with Crippen molar-refractivity contribution in [2.45, 2.75) is 44.4 Å². The van der Waals surface area contributed by atoms with Gasteiger partial charge in [0.15, 0.2) is 0 Å².